The lowest BCUT2D eigenvalue weighted by Gasteiger charge is -2.23. The van der Waals surface area contributed by atoms with E-state index in [1.165, 1.54) is 12.8 Å². The SMILES string of the molecule is OC1(CC2CCCOC2)CC1. The molecule has 64 valence electrons. The predicted molar refractivity (Wildman–Crippen MR) is 42.3 cm³/mol. The van der Waals surface area contributed by atoms with Crippen molar-refractivity contribution in [3.8, 4) is 0 Å². The van der Waals surface area contributed by atoms with Crippen molar-refractivity contribution in [2.24, 2.45) is 5.92 Å². The van der Waals surface area contributed by atoms with E-state index in [2.05, 4.69) is 0 Å². The van der Waals surface area contributed by atoms with Crippen LogP contribution >= 0.6 is 0 Å². The van der Waals surface area contributed by atoms with Gasteiger partial charge in [-0.2, -0.15) is 0 Å². The fourth-order valence-corrected chi connectivity index (χ4v) is 1.85. The molecule has 2 rings (SSSR count). The Morgan fingerprint density at radius 3 is 2.82 bits per heavy atom. The van der Waals surface area contributed by atoms with Crippen LogP contribution in [0.3, 0.4) is 0 Å². The fraction of sp³-hybridized carbons (Fsp3) is 1.00. The highest BCUT2D eigenvalue weighted by molar-refractivity contribution is 4.95. The molecule has 1 atom stereocenters. The Balaban J connectivity index is 1.76. The summed E-state index contributed by atoms with van der Waals surface area (Å²) in [5.41, 5.74) is -0.272. The van der Waals surface area contributed by atoms with Crippen LogP contribution in [0.5, 0.6) is 0 Å². The average molecular weight is 156 g/mol. The first-order valence-corrected chi connectivity index (χ1v) is 4.59. The second kappa shape index (κ2) is 2.76. The Morgan fingerprint density at radius 1 is 1.45 bits per heavy atom. The minimum atomic E-state index is -0.272. The molecule has 0 spiro atoms. The quantitative estimate of drug-likeness (QED) is 0.653. The molecule has 2 heteroatoms. The van der Waals surface area contributed by atoms with E-state index < -0.39 is 0 Å². The number of hydrogen-bond donors (Lipinski definition) is 1. The Bertz CT molecular complexity index is 134. The summed E-state index contributed by atoms with van der Waals surface area (Å²) in [6.45, 7) is 1.80. The molecule has 1 aliphatic carbocycles. The topological polar surface area (TPSA) is 29.5 Å². The van der Waals surface area contributed by atoms with E-state index >= 15 is 0 Å². The van der Waals surface area contributed by atoms with Gasteiger partial charge in [-0.3, -0.25) is 0 Å². The molecular weight excluding hydrogens is 140 g/mol. The molecule has 0 radical (unpaired) electrons. The maximum absolute atomic E-state index is 9.63. The lowest BCUT2D eigenvalue weighted by atomic mass is 9.94. The molecule has 1 saturated carbocycles. The maximum Gasteiger partial charge on any atom is 0.0653 e. The van der Waals surface area contributed by atoms with E-state index in [-0.39, 0.29) is 5.60 Å². The Kier molecular flexibility index (Phi) is 1.90. The maximum atomic E-state index is 9.63. The van der Waals surface area contributed by atoms with Crippen LogP contribution in [0.2, 0.25) is 0 Å². The molecule has 0 aromatic heterocycles. The first kappa shape index (κ1) is 7.56. The van der Waals surface area contributed by atoms with Gasteiger partial charge in [0, 0.05) is 13.2 Å². The van der Waals surface area contributed by atoms with E-state index in [1.54, 1.807) is 0 Å². The largest absolute Gasteiger partial charge is 0.390 e. The molecule has 1 N–H and O–H groups in total. The van der Waals surface area contributed by atoms with Gasteiger partial charge in [0.05, 0.1) is 5.60 Å². The molecule has 1 heterocycles. The Labute approximate surface area is 67.6 Å². The van der Waals surface area contributed by atoms with E-state index in [9.17, 15) is 5.11 Å². The van der Waals surface area contributed by atoms with Crippen LogP contribution < -0.4 is 0 Å². The molecule has 0 amide bonds. The second-order valence-electron chi connectivity index (χ2n) is 4.01. The van der Waals surface area contributed by atoms with Crippen LogP contribution in [-0.2, 0) is 4.74 Å². The average Bonchev–Trinajstić information content (AvgIpc) is 2.70. The van der Waals surface area contributed by atoms with Crippen molar-refractivity contribution in [3.05, 3.63) is 0 Å². The summed E-state index contributed by atoms with van der Waals surface area (Å²) >= 11 is 0. The lowest BCUT2D eigenvalue weighted by molar-refractivity contribution is 0.0226. The zero-order valence-corrected chi connectivity index (χ0v) is 6.88. The van der Waals surface area contributed by atoms with Gasteiger partial charge in [-0.25, -0.2) is 0 Å². The lowest BCUT2D eigenvalue weighted by Crippen LogP contribution is -2.23. The normalized spacial score (nSPS) is 35.2. The van der Waals surface area contributed by atoms with Crippen molar-refractivity contribution in [3.63, 3.8) is 0 Å². The van der Waals surface area contributed by atoms with Crippen molar-refractivity contribution in [2.75, 3.05) is 13.2 Å². The van der Waals surface area contributed by atoms with Gasteiger partial charge in [-0.05, 0) is 38.0 Å². The smallest absolute Gasteiger partial charge is 0.0653 e. The number of hydrogen-bond acceptors (Lipinski definition) is 2. The van der Waals surface area contributed by atoms with Crippen LogP contribution in [-0.4, -0.2) is 23.9 Å². The van der Waals surface area contributed by atoms with Crippen molar-refractivity contribution < 1.29 is 9.84 Å². The first-order chi connectivity index (χ1) is 5.29. The zero-order valence-electron chi connectivity index (χ0n) is 6.88. The minimum absolute atomic E-state index is 0.272. The van der Waals surface area contributed by atoms with Gasteiger partial charge in [0.25, 0.3) is 0 Å². The van der Waals surface area contributed by atoms with Crippen LogP contribution in [0, 0.1) is 5.92 Å². The summed E-state index contributed by atoms with van der Waals surface area (Å²) < 4.78 is 5.34. The standard InChI is InChI=1S/C9H16O2/c10-9(3-4-9)6-8-2-1-5-11-7-8/h8,10H,1-7H2. The molecule has 0 aromatic rings. The number of rotatable bonds is 2. The highest BCUT2D eigenvalue weighted by Crippen LogP contribution is 2.42. The summed E-state index contributed by atoms with van der Waals surface area (Å²) in [5.74, 6) is 0.635. The monoisotopic (exact) mass is 156 g/mol. The van der Waals surface area contributed by atoms with Gasteiger partial charge < -0.3 is 9.84 Å². The van der Waals surface area contributed by atoms with Crippen LogP contribution in [0.4, 0.5) is 0 Å². The third-order valence-corrected chi connectivity index (χ3v) is 2.75. The Hall–Kier alpha value is -0.0800. The highest BCUT2D eigenvalue weighted by atomic mass is 16.5. The third-order valence-electron chi connectivity index (χ3n) is 2.75. The van der Waals surface area contributed by atoms with Gasteiger partial charge in [-0.1, -0.05) is 0 Å². The van der Waals surface area contributed by atoms with Crippen molar-refractivity contribution in [1.29, 1.82) is 0 Å². The molecular formula is C9H16O2. The van der Waals surface area contributed by atoms with E-state index in [4.69, 9.17) is 4.74 Å². The molecule has 2 fully saturated rings. The molecule has 1 unspecified atom stereocenters. The van der Waals surface area contributed by atoms with Gasteiger partial charge in [-0.15, -0.1) is 0 Å². The predicted octanol–water partition coefficient (Wildman–Crippen LogP) is 1.33. The summed E-state index contributed by atoms with van der Waals surface area (Å²) in [5, 5.41) is 9.63. The van der Waals surface area contributed by atoms with Crippen molar-refractivity contribution >= 4 is 0 Å². The molecule has 1 saturated heterocycles. The molecule has 0 aromatic carbocycles. The van der Waals surface area contributed by atoms with E-state index in [1.807, 2.05) is 0 Å². The van der Waals surface area contributed by atoms with E-state index in [0.717, 1.165) is 32.5 Å². The first-order valence-electron chi connectivity index (χ1n) is 4.59. The van der Waals surface area contributed by atoms with Crippen molar-refractivity contribution in [2.45, 2.75) is 37.7 Å². The molecule has 2 aliphatic rings. The summed E-state index contributed by atoms with van der Waals surface area (Å²) in [6, 6.07) is 0. The zero-order chi connectivity index (χ0) is 7.73. The molecule has 0 bridgehead atoms. The fourth-order valence-electron chi connectivity index (χ4n) is 1.85. The number of ether oxygens (including phenoxy) is 1. The van der Waals surface area contributed by atoms with Gasteiger partial charge in [0.2, 0.25) is 0 Å². The third kappa shape index (κ3) is 1.94. The highest BCUT2D eigenvalue weighted by Gasteiger charge is 2.42. The summed E-state index contributed by atoms with van der Waals surface area (Å²) in [6.07, 6.45) is 5.45. The summed E-state index contributed by atoms with van der Waals surface area (Å²) in [4.78, 5) is 0. The Morgan fingerprint density at radius 2 is 2.27 bits per heavy atom. The second-order valence-corrected chi connectivity index (χ2v) is 4.01. The van der Waals surface area contributed by atoms with Gasteiger partial charge >= 0.3 is 0 Å². The van der Waals surface area contributed by atoms with Gasteiger partial charge in [0.1, 0.15) is 0 Å². The van der Waals surface area contributed by atoms with E-state index in [0.29, 0.717) is 5.92 Å². The molecule has 2 nitrogen and oxygen atoms in total. The summed E-state index contributed by atoms with van der Waals surface area (Å²) in [7, 11) is 0. The van der Waals surface area contributed by atoms with Gasteiger partial charge in [0.15, 0.2) is 0 Å². The van der Waals surface area contributed by atoms with Crippen LogP contribution in [0.1, 0.15) is 32.1 Å². The number of aliphatic hydroxyl groups is 1. The minimum Gasteiger partial charge on any atom is -0.390 e. The van der Waals surface area contributed by atoms with Crippen LogP contribution in [0.25, 0.3) is 0 Å². The molecule has 1 aliphatic heterocycles. The molecule has 11 heavy (non-hydrogen) atoms. The van der Waals surface area contributed by atoms with Crippen molar-refractivity contribution in [1.82, 2.24) is 0 Å². The van der Waals surface area contributed by atoms with Crippen LogP contribution in [0.15, 0.2) is 0 Å².